The van der Waals surface area contributed by atoms with Crippen molar-refractivity contribution in [2.24, 2.45) is 5.41 Å². The predicted octanol–water partition coefficient (Wildman–Crippen LogP) is 4.65. The summed E-state index contributed by atoms with van der Waals surface area (Å²) >= 11 is 2.15. The maximum atomic E-state index is 13.0. The average molecular weight is 469 g/mol. The first-order valence-electron chi connectivity index (χ1n) is 8.55. The number of methoxy groups -OCH3 is 2. The molecule has 3 rings (SSSR count). The zero-order chi connectivity index (χ0) is 19.1. The molecule has 1 unspecified atom stereocenters. The number of fused-ring (bicyclic) bond motifs is 1. The van der Waals surface area contributed by atoms with Gasteiger partial charge in [0, 0.05) is 15.6 Å². The second kappa shape index (κ2) is 7.13. The highest BCUT2D eigenvalue weighted by Gasteiger charge is 2.36. The summed E-state index contributed by atoms with van der Waals surface area (Å²) in [5.41, 5.74) is 1.74. The van der Waals surface area contributed by atoms with Crippen molar-refractivity contribution >= 4 is 28.5 Å². The first-order valence-corrected chi connectivity index (χ1v) is 9.63. The lowest BCUT2D eigenvalue weighted by molar-refractivity contribution is 0.0916. The molecular weight excluding hydrogens is 445 g/mol. The smallest absolute Gasteiger partial charge is 0.252 e. The zero-order valence-corrected chi connectivity index (χ0v) is 17.9. The molecule has 1 aromatic carbocycles. The van der Waals surface area contributed by atoms with Gasteiger partial charge in [-0.15, -0.1) is 0 Å². The van der Waals surface area contributed by atoms with Gasteiger partial charge in [0.15, 0.2) is 11.5 Å². The maximum Gasteiger partial charge on any atom is 0.252 e. The minimum absolute atomic E-state index is 0.0670. The average Bonchev–Trinajstić information content (AvgIpc) is 2.93. The Bertz CT molecular complexity index is 841. The molecule has 0 spiro atoms. The normalized spacial score (nSPS) is 18.2. The van der Waals surface area contributed by atoms with E-state index in [1.807, 2.05) is 19.1 Å². The number of rotatable bonds is 4. The molecule has 1 N–H and O–H groups in total. The molecule has 1 aliphatic rings. The van der Waals surface area contributed by atoms with Gasteiger partial charge in [-0.25, -0.2) is 0 Å². The lowest BCUT2D eigenvalue weighted by Crippen LogP contribution is -2.36. The van der Waals surface area contributed by atoms with Gasteiger partial charge >= 0.3 is 0 Å². The molecule has 6 heteroatoms. The van der Waals surface area contributed by atoms with Crippen LogP contribution in [0.5, 0.6) is 11.5 Å². The van der Waals surface area contributed by atoms with Crippen LogP contribution in [0.2, 0.25) is 0 Å². The van der Waals surface area contributed by atoms with Gasteiger partial charge in [0.2, 0.25) is 0 Å². The Morgan fingerprint density at radius 3 is 2.54 bits per heavy atom. The van der Waals surface area contributed by atoms with Crippen molar-refractivity contribution in [1.29, 1.82) is 0 Å². The van der Waals surface area contributed by atoms with E-state index in [1.54, 1.807) is 20.3 Å². The zero-order valence-electron chi connectivity index (χ0n) is 15.7. The molecule has 1 heterocycles. The molecule has 1 amide bonds. The second-order valence-electron chi connectivity index (χ2n) is 7.49. The van der Waals surface area contributed by atoms with Gasteiger partial charge in [0.1, 0.15) is 11.5 Å². The third-order valence-corrected chi connectivity index (χ3v) is 5.65. The summed E-state index contributed by atoms with van der Waals surface area (Å²) in [5, 5.41) is 3.19. The van der Waals surface area contributed by atoms with Gasteiger partial charge < -0.3 is 19.2 Å². The number of halogens is 1. The van der Waals surface area contributed by atoms with E-state index in [2.05, 4.69) is 41.8 Å². The Morgan fingerprint density at radius 1 is 1.23 bits per heavy atom. The highest BCUT2D eigenvalue weighted by Crippen LogP contribution is 2.42. The molecule has 2 aromatic rings. The van der Waals surface area contributed by atoms with Crippen LogP contribution >= 0.6 is 22.6 Å². The van der Waals surface area contributed by atoms with Crippen molar-refractivity contribution in [2.75, 3.05) is 14.2 Å². The first-order chi connectivity index (χ1) is 12.2. The van der Waals surface area contributed by atoms with E-state index in [0.717, 1.165) is 33.5 Å². The fourth-order valence-electron chi connectivity index (χ4n) is 3.58. The van der Waals surface area contributed by atoms with E-state index in [0.29, 0.717) is 17.1 Å². The van der Waals surface area contributed by atoms with Crippen LogP contribution in [-0.2, 0) is 6.42 Å². The topological polar surface area (TPSA) is 60.7 Å². The van der Waals surface area contributed by atoms with E-state index >= 15 is 0 Å². The number of carbonyl (C=O) groups excluding carboxylic acids is 1. The molecule has 0 saturated heterocycles. The minimum atomic E-state index is -0.122. The van der Waals surface area contributed by atoms with Crippen molar-refractivity contribution in [3.8, 4) is 11.5 Å². The summed E-state index contributed by atoms with van der Waals surface area (Å²) in [7, 11) is 3.15. The van der Waals surface area contributed by atoms with Gasteiger partial charge in [-0.3, -0.25) is 4.79 Å². The number of ether oxygens (including phenoxy) is 2. The fourth-order valence-corrected chi connectivity index (χ4v) is 4.26. The Labute approximate surface area is 167 Å². The van der Waals surface area contributed by atoms with Crippen LogP contribution in [0.25, 0.3) is 0 Å². The van der Waals surface area contributed by atoms with E-state index in [1.165, 1.54) is 0 Å². The summed E-state index contributed by atoms with van der Waals surface area (Å²) in [6, 6.07) is 5.51. The molecule has 0 aliphatic heterocycles. The third-order valence-electron chi connectivity index (χ3n) is 4.76. The van der Waals surface area contributed by atoms with Gasteiger partial charge in [-0.2, -0.15) is 0 Å². The highest BCUT2D eigenvalue weighted by molar-refractivity contribution is 14.1. The molecule has 140 valence electrons. The lowest BCUT2D eigenvalue weighted by Gasteiger charge is -2.34. The highest BCUT2D eigenvalue weighted by atomic mass is 127. The third kappa shape index (κ3) is 3.70. The monoisotopic (exact) mass is 469 g/mol. The van der Waals surface area contributed by atoms with E-state index in [-0.39, 0.29) is 17.4 Å². The number of carbonyl (C=O) groups is 1. The van der Waals surface area contributed by atoms with Gasteiger partial charge in [-0.1, -0.05) is 13.8 Å². The van der Waals surface area contributed by atoms with Crippen LogP contribution in [0.4, 0.5) is 0 Å². The molecule has 26 heavy (non-hydrogen) atoms. The van der Waals surface area contributed by atoms with Crippen LogP contribution in [0.3, 0.4) is 0 Å². The Morgan fingerprint density at radius 2 is 1.88 bits per heavy atom. The number of furan rings is 1. The summed E-state index contributed by atoms with van der Waals surface area (Å²) in [5.74, 6) is 2.89. The number of hydrogen-bond donors (Lipinski definition) is 1. The van der Waals surface area contributed by atoms with Crippen molar-refractivity contribution in [2.45, 2.75) is 39.7 Å². The quantitative estimate of drug-likeness (QED) is 0.663. The molecule has 0 saturated carbocycles. The van der Waals surface area contributed by atoms with Gasteiger partial charge in [0.25, 0.3) is 5.91 Å². The number of hydrogen-bond acceptors (Lipinski definition) is 4. The molecular formula is C20H24INO4. The van der Waals surface area contributed by atoms with Crippen molar-refractivity contribution in [3.05, 3.63) is 44.4 Å². The SMILES string of the molecule is COc1cc(I)c(C(=O)NC2CC(C)(C)Cc3oc(C)cc32)cc1OC. The Balaban J connectivity index is 1.91. The molecule has 0 bridgehead atoms. The number of aryl methyl sites for hydroxylation is 1. The van der Waals surface area contributed by atoms with Gasteiger partial charge in [-0.05, 0) is 59.5 Å². The van der Waals surface area contributed by atoms with Crippen LogP contribution < -0.4 is 14.8 Å². The summed E-state index contributed by atoms with van der Waals surface area (Å²) < 4.78 is 17.3. The standard InChI is InChI=1S/C20H24INO4/c1-11-6-13-15(9-20(2,3)10-18(13)26-11)22-19(23)12-7-16(24-4)17(25-5)8-14(12)21/h6-8,15H,9-10H2,1-5H3,(H,22,23). The number of amides is 1. The molecule has 5 nitrogen and oxygen atoms in total. The number of benzene rings is 1. The van der Waals surface area contributed by atoms with E-state index in [9.17, 15) is 4.79 Å². The molecule has 1 aliphatic carbocycles. The van der Waals surface area contributed by atoms with Crippen LogP contribution in [0.15, 0.2) is 22.6 Å². The molecule has 1 aromatic heterocycles. The molecule has 1 atom stereocenters. The maximum absolute atomic E-state index is 13.0. The minimum Gasteiger partial charge on any atom is -0.493 e. The van der Waals surface area contributed by atoms with Crippen molar-refractivity contribution in [3.63, 3.8) is 0 Å². The molecule has 0 radical (unpaired) electrons. The summed E-state index contributed by atoms with van der Waals surface area (Å²) in [4.78, 5) is 13.0. The lowest BCUT2D eigenvalue weighted by atomic mass is 9.74. The first kappa shape index (κ1) is 19.1. The van der Waals surface area contributed by atoms with Crippen LogP contribution in [-0.4, -0.2) is 20.1 Å². The molecule has 0 fully saturated rings. The second-order valence-corrected chi connectivity index (χ2v) is 8.66. The Hall–Kier alpha value is -1.70. The largest absolute Gasteiger partial charge is 0.493 e. The predicted molar refractivity (Wildman–Crippen MR) is 108 cm³/mol. The van der Waals surface area contributed by atoms with E-state index < -0.39 is 0 Å². The van der Waals surface area contributed by atoms with Crippen molar-refractivity contribution in [1.82, 2.24) is 5.32 Å². The fraction of sp³-hybridized carbons (Fsp3) is 0.450. The number of nitrogens with one attached hydrogen (secondary N) is 1. The Kier molecular flexibility index (Phi) is 5.23. The van der Waals surface area contributed by atoms with Crippen molar-refractivity contribution < 1.29 is 18.7 Å². The summed E-state index contributed by atoms with van der Waals surface area (Å²) in [6.07, 6.45) is 1.75. The van der Waals surface area contributed by atoms with Gasteiger partial charge in [0.05, 0.1) is 25.8 Å². The van der Waals surface area contributed by atoms with E-state index in [4.69, 9.17) is 13.9 Å². The van der Waals surface area contributed by atoms with Crippen LogP contribution in [0.1, 0.15) is 53.8 Å². The van der Waals surface area contributed by atoms with Crippen LogP contribution in [0, 0.1) is 15.9 Å². The summed E-state index contributed by atoms with van der Waals surface area (Å²) in [6.45, 7) is 6.35.